The van der Waals surface area contributed by atoms with Crippen molar-refractivity contribution in [3.8, 4) is 0 Å². The molecule has 0 aliphatic heterocycles. The highest BCUT2D eigenvalue weighted by atomic mass is 16.1. The van der Waals surface area contributed by atoms with Gasteiger partial charge >= 0.3 is 0 Å². The molecule has 2 rings (SSSR count). The summed E-state index contributed by atoms with van der Waals surface area (Å²) in [4.78, 5) is 11.2. The van der Waals surface area contributed by atoms with Crippen molar-refractivity contribution in [1.29, 1.82) is 0 Å². The highest BCUT2D eigenvalue weighted by molar-refractivity contribution is 5.87. The van der Waals surface area contributed by atoms with Crippen LogP contribution in [0.2, 0.25) is 0 Å². The second kappa shape index (κ2) is 7.44. The zero-order chi connectivity index (χ0) is 14.2. The molecule has 20 heavy (non-hydrogen) atoms. The molecule has 0 aliphatic carbocycles. The monoisotopic (exact) mass is 264 g/mol. The SMILES string of the molecule is CC(=O)C=CC(Cc1ccccc1)Cc1ccccc1. The topological polar surface area (TPSA) is 17.1 Å². The third-order valence-corrected chi connectivity index (χ3v) is 3.28. The van der Waals surface area contributed by atoms with Gasteiger partial charge in [0.25, 0.3) is 0 Å². The van der Waals surface area contributed by atoms with E-state index in [1.165, 1.54) is 11.1 Å². The van der Waals surface area contributed by atoms with Gasteiger partial charge in [-0.25, -0.2) is 0 Å². The number of hydrogen-bond acceptors (Lipinski definition) is 1. The van der Waals surface area contributed by atoms with Crippen LogP contribution in [0.5, 0.6) is 0 Å². The lowest BCUT2D eigenvalue weighted by molar-refractivity contribution is -0.112. The summed E-state index contributed by atoms with van der Waals surface area (Å²) in [5, 5.41) is 0. The van der Waals surface area contributed by atoms with Crippen molar-refractivity contribution in [3.05, 3.63) is 83.9 Å². The van der Waals surface area contributed by atoms with E-state index in [9.17, 15) is 4.79 Å². The fourth-order valence-corrected chi connectivity index (χ4v) is 2.31. The maximum atomic E-state index is 11.2. The molecule has 0 fully saturated rings. The molecule has 1 nitrogen and oxygen atoms in total. The van der Waals surface area contributed by atoms with Gasteiger partial charge in [0, 0.05) is 0 Å². The summed E-state index contributed by atoms with van der Waals surface area (Å²) in [6.45, 7) is 1.60. The summed E-state index contributed by atoms with van der Waals surface area (Å²) in [7, 11) is 0. The molecule has 102 valence electrons. The first-order chi connectivity index (χ1) is 9.74. The molecule has 0 aromatic heterocycles. The van der Waals surface area contributed by atoms with Crippen LogP contribution >= 0.6 is 0 Å². The van der Waals surface area contributed by atoms with Crippen LogP contribution in [0, 0.1) is 5.92 Å². The Balaban J connectivity index is 2.10. The van der Waals surface area contributed by atoms with Gasteiger partial charge < -0.3 is 0 Å². The maximum Gasteiger partial charge on any atom is 0.152 e. The van der Waals surface area contributed by atoms with E-state index in [0.717, 1.165) is 12.8 Å². The van der Waals surface area contributed by atoms with E-state index in [4.69, 9.17) is 0 Å². The molecule has 2 aromatic rings. The van der Waals surface area contributed by atoms with E-state index >= 15 is 0 Å². The number of rotatable bonds is 6. The number of allylic oxidation sites excluding steroid dienone is 2. The van der Waals surface area contributed by atoms with Gasteiger partial charge in [-0.15, -0.1) is 0 Å². The lowest BCUT2D eigenvalue weighted by Gasteiger charge is -2.13. The molecule has 0 saturated heterocycles. The molecule has 0 saturated carbocycles. The van der Waals surface area contributed by atoms with Gasteiger partial charge in [-0.1, -0.05) is 66.7 Å². The molecule has 0 N–H and O–H groups in total. The van der Waals surface area contributed by atoms with Crippen LogP contribution in [0.25, 0.3) is 0 Å². The number of benzene rings is 2. The predicted molar refractivity (Wildman–Crippen MR) is 83.6 cm³/mol. The maximum absolute atomic E-state index is 11.2. The van der Waals surface area contributed by atoms with Crippen molar-refractivity contribution in [2.75, 3.05) is 0 Å². The first-order valence-corrected chi connectivity index (χ1v) is 7.00. The minimum absolute atomic E-state index is 0.108. The smallest absolute Gasteiger partial charge is 0.152 e. The zero-order valence-corrected chi connectivity index (χ0v) is 11.8. The van der Waals surface area contributed by atoms with Crippen molar-refractivity contribution in [2.24, 2.45) is 5.92 Å². The third kappa shape index (κ3) is 4.85. The summed E-state index contributed by atoms with van der Waals surface area (Å²) >= 11 is 0. The molecule has 2 aromatic carbocycles. The number of carbonyl (C=O) groups is 1. The zero-order valence-electron chi connectivity index (χ0n) is 11.8. The first kappa shape index (κ1) is 14.3. The quantitative estimate of drug-likeness (QED) is 0.713. The molecule has 0 atom stereocenters. The standard InChI is InChI=1S/C19H20O/c1-16(20)12-13-19(14-17-8-4-2-5-9-17)15-18-10-6-3-7-11-18/h2-13,19H,14-15H2,1H3. The van der Waals surface area contributed by atoms with Gasteiger partial charge in [0.2, 0.25) is 0 Å². The summed E-state index contributed by atoms with van der Waals surface area (Å²) in [5.41, 5.74) is 2.61. The number of carbonyl (C=O) groups excluding carboxylic acids is 1. The summed E-state index contributed by atoms with van der Waals surface area (Å²) in [6.07, 6.45) is 5.65. The largest absolute Gasteiger partial charge is 0.295 e. The minimum atomic E-state index is 0.108. The fraction of sp³-hybridized carbons (Fsp3) is 0.211. The molecule has 0 heterocycles. The molecule has 0 bridgehead atoms. The van der Waals surface area contributed by atoms with Crippen molar-refractivity contribution in [2.45, 2.75) is 19.8 Å². The van der Waals surface area contributed by atoms with Gasteiger partial charge in [-0.3, -0.25) is 4.79 Å². The van der Waals surface area contributed by atoms with Crippen molar-refractivity contribution < 1.29 is 4.79 Å². The molecule has 0 radical (unpaired) electrons. The third-order valence-electron chi connectivity index (χ3n) is 3.28. The summed E-state index contributed by atoms with van der Waals surface area (Å²) in [6, 6.07) is 20.8. The Kier molecular flexibility index (Phi) is 5.31. The Labute approximate surface area is 121 Å². The van der Waals surface area contributed by atoms with Gasteiger partial charge in [0.15, 0.2) is 5.78 Å². The number of ketones is 1. The molecular formula is C19H20O. The van der Waals surface area contributed by atoms with Crippen LogP contribution in [-0.4, -0.2) is 5.78 Å². The van der Waals surface area contributed by atoms with Gasteiger partial charge in [0.1, 0.15) is 0 Å². The first-order valence-electron chi connectivity index (χ1n) is 7.00. The lowest BCUT2D eigenvalue weighted by atomic mass is 9.92. The summed E-state index contributed by atoms with van der Waals surface area (Å²) < 4.78 is 0. The van der Waals surface area contributed by atoms with Gasteiger partial charge in [-0.2, -0.15) is 0 Å². The van der Waals surface area contributed by atoms with Crippen LogP contribution < -0.4 is 0 Å². The Morgan fingerprint density at radius 1 is 0.900 bits per heavy atom. The Morgan fingerprint density at radius 2 is 1.35 bits per heavy atom. The lowest BCUT2D eigenvalue weighted by Crippen LogP contribution is -2.06. The second-order valence-electron chi connectivity index (χ2n) is 5.11. The van der Waals surface area contributed by atoms with E-state index in [1.807, 2.05) is 18.2 Å². The van der Waals surface area contributed by atoms with Crippen LogP contribution in [0.3, 0.4) is 0 Å². The van der Waals surface area contributed by atoms with Crippen molar-refractivity contribution in [3.63, 3.8) is 0 Å². The van der Waals surface area contributed by atoms with E-state index in [0.29, 0.717) is 5.92 Å². The van der Waals surface area contributed by atoms with Gasteiger partial charge in [0.05, 0.1) is 0 Å². The molecule has 0 spiro atoms. The molecular weight excluding hydrogens is 244 g/mol. The highest BCUT2D eigenvalue weighted by Gasteiger charge is 2.07. The average Bonchev–Trinajstić information content (AvgIpc) is 2.47. The van der Waals surface area contributed by atoms with Crippen LogP contribution in [0.1, 0.15) is 18.1 Å². The van der Waals surface area contributed by atoms with Crippen molar-refractivity contribution in [1.82, 2.24) is 0 Å². The van der Waals surface area contributed by atoms with E-state index in [2.05, 4.69) is 48.5 Å². The highest BCUT2D eigenvalue weighted by Crippen LogP contribution is 2.16. The molecule has 0 aliphatic rings. The normalized spacial score (nSPS) is 11.1. The van der Waals surface area contributed by atoms with Crippen LogP contribution in [0.4, 0.5) is 0 Å². The average molecular weight is 264 g/mol. The second-order valence-corrected chi connectivity index (χ2v) is 5.11. The summed E-state index contributed by atoms with van der Waals surface area (Å²) in [5.74, 6) is 0.458. The Bertz CT molecular complexity index is 513. The van der Waals surface area contributed by atoms with Gasteiger partial charge in [-0.05, 0) is 42.9 Å². The Morgan fingerprint density at radius 3 is 1.75 bits per heavy atom. The molecule has 0 amide bonds. The Hall–Kier alpha value is -2.15. The predicted octanol–water partition coefficient (Wildman–Crippen LogP) is 4.23. The van der Waals surface area contributed by atoms with Crippen molar-refractivity contribution >= 4 is 5.78 Å². The van der Waals surface area contributed by atoms with E-state index in [1.54, 1.807) is 13.0 Å². The molecule has 0 unspecified atom stereocenters. The number of hydrogen-bond donors (Lipinski definition) is 0. The van der Waals surface area contributed by atoms with E-state index < -0.39 is 0 Å². The fourth-order valence-electron chi connectivity index (χ4n) is 2.31. The van der Waals surface area contributed by atoms with Crippen LogP contribution in [-0.2, 0) is 17.6 Å². The van der Waals surface area contributed by atoms with E-state index in [-0.39, 0.29) is 5.78 Å². The minimum Gasteiger partial charge on any atom is -0.295 e. The molecule has 1 heteroatoms. The van der Waals surface area contributed by atoms with Crippen LogP contribution in [0.15, 0.2) is 72.8 Å².